The topological polar surface area (TPSA) is 67.9 Å². The van der Waals surface area contributed by atoms with Crippen LogP contribution in [0.5, 0.6) is 0 Å². The van der Waals surface area contributed by atoms with E-state index >= 15 is 0 Å². The van der Waals surface area contributed by atoms with Crippen LogP contribution >= 0.6 is 0 Å². The van der Waals surface area contributed by atoms with Gasteiger partial charge in [-0.25, -0.2) is 9.18 Å². The predicted octanol–water partition coefficient (Wildman–Crippen LogP) is 4.29. The number of nitrogens with one attached hydrogen (secondary N) is 1. The summed E-state index contributed by atoms with van der Waals surface area (Å²) in [7, 11) is 1.33. The van der Waals surface area contributed by atoms with Crippen LogP contribution in [-0.2, 0) is 9.47 Å². The van der Waals surface area contributed by atoms with Crippen LogP contribution in [0.4, 0.5) is 15.8 Å². The van der Waals surface area contributed by atoms with Crippen molar-refractivity contribution in [3.05, 3.63) is 71.0 Å². The van der Waals surface area contributed by atoms with Gasteiger partial charge >= 0.3 is 5.97 Å². The minimum atomic E-state index is -0.460. The Hall–Kier alpha value is -3.45. The third-order valence-electron chi connectivity index (χ3n) is 5.45. The summed E-state index contributed by atoms with van der Waals surface area (Å²) in [5.74, 6) is -1.11. The van der Waals surface area contributed by atoms with E-state index in [9.17, 15) is 14.0 Å². The van der Waals surface area contributed by atoms with E-state index in [4.69, 9.17) is 9.47 Å². The van der Waals surface area contributed by atoms with Gasteiger partial charge in [-0.1, -0.05) is 18.2 Å². The first-order valence-electron chi connectivity index (χ1n) is 10.0. The van der Waals surface area contributed by atoms with Crippen molar-refractivity contribution < 1.29 is 23.5 Å². The SMILES string of the molecule is COC(=O)c1ccc(C)c(Nc2ccc(C(=O)N3CCOCC3)c3c(F)cccc23)c1. The lowest BCUT2D eigenvalue weighted by Crippen LogP contribution is -2.40. The third-order valence-corrected chi connectivity index (χ3v) is 5.45. The van der Waals surface area contributed by atoms with Gasteiger partial charge in [0.2, 0.25) is 0 Å². The molecule has 4 rings (SSSR count). The molecule has 0 bridgehead atoms. The van der Waals surface area contributed by atoms with Crippen LogP contribution in [0.2, 0.25) is 0 Å². The Kier molecular flexibility index (Phi) is 5.86. The van der Waals surface area contributed by atoms with Crippen LogP contribution in [-0.4, -0.2) is 50.2 Å². The molecule has 0 aliphatic carbocycles. The number of nitrogens with zero attached hydrogens (tertiary/aromatic N) is 1. The minimum Gasteiger partial charge on any atom is -0.465 e. The van der Waals surface area contributed by atoms with Crippen molar-refractivity contribution in [2.45, 2.75) is 6.92 Å². The number of hydrogen-bond donors (Lipinski definition) is 1. The fourth-order valence-electron chi connectivity index (χ4n) is 3.73. The molecule has 1 aliphatic heterocycles. The number of methoxy groups -OCH3 is 1. The molecule has 1 amide bonds. The fraction of sp³-hybridized carbons (Fsp3) is 0.250. The number of anilines is 2. The highest BCUT2D eigenvalue weighted by Gasteiger charge is 2.23. The number of amides is 1. The van der Waals surface area contributed by atoms with E-state index in [0.717, 1.165) is 5.56 Å². The van der Waals surface area contributed by atoms with Crippen LogP contribution in [0, 0.1) is 12.7 Å². The van der Waals surface area contributed by atoms with Crippen molar-refractivity contribution in [2.24, 2.45) is 0 Å². The highest BCUT2D eigenvalue weighted by Crippen LogP contribution is 2.33. The molecular formula is C24H23FN2O4. The van der Waals surface area contributed by atoms with E-state index in [2.05, 4.69) is 5.32 Å². The maximum absolute atomic E-state index is 14.9. The number of morpholine rings is 1. The number of carbonyl (C=O) groups is 2. The molecular weight excluding hydrogens is 399 g/mol. The van der Waals surface area contributed by atoms with Crippen molar-refractivity contribution >= 4 is 34.0 Å². The lowest BCUT2D eigenvalue weighted by atomic mass is 10.00. The standard InChI is InChI=1S/C24H23FN2O4/c1-15-6-7-16(24(29)30-2)14-21(15)26-20-9-8-18(22-17(20)4-3-5-19(22)25)23(28)27-10-12-31-13-11-27/h3-9,14,26H,10-13H2,1-2H3. The quantitative estimate of drug-likeness (QED) is 0.636. The van der Waals surface area contributed by atoms with Crippen molar-refractivity contribution in [3.63, 3.8) is 0 Å². The molecule has 3 aromatic rings. The van der Waals surface area contributed by atoms with Gasteiger partial charge < -0.3 is 19.7 Å². The van der Waals surface area contributed by atoms with Crippen LogP contribution in [0.1, 0.15) is 26.3 Å². The summed E-state index contributed by atoms with van der Waals surface area (Å²) < 4.78 is 25.0. The molecule has 0 spiro atoms. The summed E-state index contributed by atoms with van der Waals surface area (Å²) in [6, 6.07) is 13.3. The summed E-state index contributed by atoms with van der Waals surface area (Å²) in [5, 5.41) is 4.14. The number of rotatable bonds is 4. The molecule has 0 aromatic heterocycles. The average Bonchev–Trinajstić information content (AvgIpc) is 2.80. The molecule has 1 fully saturated rings. The number of hydrogen-bond acceptors (Lipinski definition) is 5. The van der Waals surface area contributed by atoms with Gasteiger partial charge in [0, 0.05) is 35.2 Å². The molecule has 3 aromatic carbocycles. The fourth-order valence-corrected chi connectivity index (χ4v) is 3.73. The number of esters is 1. The van der Waals surface area contributed by atoms with Crippen LogP contribution in [0.15, 0.2) is 48.5 Å². The lowest BCUT2D eigenvalue weighted by molar-refractivity contribution is 0.0304. The molecule has 31 heavy (non-hydrogen) atoms. The normalized spacial score (nSPS) is 13.8. The Morgan fingerprint density at radius 1 is 1.06 bits per heavy atom. The molecule has 0 saturated carbocycles. The molecule has 0 unspecified atom stereocenters. The zero-order valence-electron chi connectivity index (χ0n) is 17.4. The summed E-state index contributed by atoms with van der Waals surface area (Å²) in [4.78, 5) is 26.7. The molecule has 160 valence electrons. The number of benzene rings is 3. The van der Waals surface area contributed by atoms with E-state index in [1.165, 1.54) is 13.2 Å². The van der Waals surface area contributed by atoms with Gasteiger partial charge in [0.05, 0.1) is 31.5 Å². The highest BCUT2D eigenvalue weighted by molar-refractivity contribution is 6.11. The Labute approximate surface area is 179 Å². The second kappa shape index (κ2) is 8.73. The first-order chi connectivity index (χ1) is 15.0. The lowest BCUT2D eigenvalue weighted by Gasteiger charge is -2.27. The predicted molar refractivity (Wildman–Crippen MR) is 116 cm³/mol. The molecule has 0 radical (unpaired) electrons. The average molecular weight is 422 g/mol. The Bertz CT molecular complexity index is 1160. The highest BCUT2D eigenvalue weighted by atomic mass is 19.1. The van der Waals surface area contributed by atoms with Gasteiger partial charge in [0.1, 0.15) is 5.82 Å². The van der Waals surface area contributed by atoms with Gasteiger partial charge in [0.25, 0.3) is 5.91 Å². The maximum Gasteiger partial charge on any atom is 0.337 e. The van der Waals surface area contributed by atoms with E-state index in [-0.39, 0.29) is 11.3 Å². The van der Waals surface area contributed by atoms with Crippen molar-refractivity contribution in [3.8, 4) is 0 Å². The van der Waals surface area contributed by atoms with Gasteiger partial charge in [-0.3, -0.25) is 4.79 Å². The van der Waals surface area contributed by atoms with Crippen molar-refractivity contribution in [1.29, 1.82) is 0 Å². The minimum absolute atomic E-state index is 0.214. The van der Waals surface area contributed by atoms with E-state index < -0.39 is 11.8 Å². The second-order valence-electron chi connectivity index (χ2n) is 7.37. The monoisotopic (exact) mass is 422 g/mol. The molecule has 1 aliphatic rings. The largest absolute Gasteiger partial charge is 0.465 e. The summed E-state index contributed by atoms with van der Waals surface area (Å²) in [6.07, 6.45) is 0. The first kappa shape index (κ1) is 20.8. The zero-order valence-corrected chi connectivity index (χ0v) is 17.4. The maximum atomic E-state index is 14.9. The molecule has 6 nitrogen and oxygen atoms in total. The Morgan fingerprint density at radius 2 is 1.84 bits per heavy atom. The van der Waals surface area contributed by atoms with E-state index in [0.29, 0.717) is 54.2 Å². The van der Waals surface area contributed by atoms with Crippen LogP contribution in [0.3, 0.4) is 0 Å². The molecule has 1 saturated heterocycles. The van der Waals surface area contributed by atoms with Crippen LogP contribution < -0.4 is 5.32 Å². The van der Waals surface area contributed by atoms with Crippen molar-refractivity contribution in [1.82, 2.24) is 4.90 Å². The number of aryl methyl sites for hydroxylation is 1. The molecule has 1 heterocycles. The summed E-state index contributed by atoms with van der Waals surface area (Å²) in [6.45, 7) is 3.81. The molecule has 1 N–H and O–H groups in total. The van der Waals surface area contributed by atoms with Gasteiger partial charge in [0.15, 0.2) is 0 Å². The van der Waals surface area contributed by atoms with Crippen molar-refractivity contribution in [2.75, 3.05) is 38.7 Å². The van der Waals surface area contributed by atoms with E-state index in [1.807, 2.05) is 13.0 Å². The zero-order chi connectivity index (χ0) is 22.0. The Balaban J connectivity index is 1.76. The third kappa shape index (κ3) is 4.09. The molecule has 7 heteroatoms. The van der Waals surface area contributed by atoms with Gasteiger partial charge in [-0.2, -0.15) is 0 Å². The second-order valence-corrected chi connectivity index (χ2v) is 7.37. The smallest absolute Gasteiger partial charge is 0.337 e. The Morgan fingerprint density at radius 3 is 2.58 bits per heavy atom. The summed E-state index contributed by atoms with van der Waals surface area (Å²) >= 11 is 0. The number of ether oxygens (including phenoxy) is 2. The number of carbonyl (C=O) groups excluding carboxylic acids is 2. The van der Waals surface area contributed by atoms with Crippen LogP contribution in [0.25, 0.3) is 10.8 Å². The summed E-state index contributed by atoms with van der Waals surface area (Å²) in [5.41, 5.74) is 2.97. The number of halogens is 1. The molecule has 0 atom stereocenters. The van der Waals surface area contributed by atoms with Gasteiger partial charge in [-0.05, 0) is 42.8 Å². The van der Waals surface area contributed by atoms with Gasteiger partial charge in [-0.15, -0.1) is 0 Å². The number of fused-ring (bicyclic) bond motifs is 1. The first-order valence-corrected chi connectivity index (χ1v) is 10.0. The van der Waals surface area contributed by atoms with E-state index in [1.54, 1.807) is 41.3 Å².